The molecule has 18 heavy (non-hydrogen) atoms. The van der Waals surface area contributed by atoms with Gasteiger partial charge in [-0.2, -0.15) is 5.26 Å². The van der Waals surface area contributed by atoms with E-state index in [-0.39, 0.29) is 29.5 Å². The minimum atomic E-state index is -0.487. The van der Waals surface area contributed by atoms with E-state index in [2.05, 4.69) is 5.32 Å². The van der Waals surface area contributed by atoms with Crippen molar-refractivity contribution in [2.24, 2.45) is 0 Å². The van der Waals surface area contributed by atoms with Gasteiger partial charge in [0.05, 0.1) is 16.7 Å². The van der Waals surface area contributed by atoms with Gasteiger partial charge in [-0.25, -0.2) is 0 Å². The van der Waals surface area contributed by atoms with Gasteiger partial charge in [-0.3, -0.25) is 9.59 Å². The predicted octanol–water partition coefficient (Wildman–Crippen LogP) is 1.82. The Bertz CT molecular complexity index is 512. The van der Waals surface area contributed by atoms with Crippen LogP contribution in [0.3, 0.4) is 0 Å². The average Bonchev–Trinajstić information content (AvgIpc) is 2.34. The first-order chi connectivity index (χ1) is 8.58. The van der Waals surface area contributed by atoms with Gasteiger partial charge in [0.2, 0.25) is 0 Å². The summed E-state index contributed by atoms with van der Waals surface area (Å²) in [6.45, 7) is -0.457. The van der Waals surface area contributed by atoms with Crippen LogP contribution in [-0.4, -0.2) is 25.3 Å². The van der Waals surface area contributed by atoms with Crippen molar-refractivity contribution in [3.8, 4) is 11.8 Å². The number of hydrogen-bond donors (Lipinski definition) is 1. The fourth-order valence-electron chi connectivity index (χ4n) is 1.15. The van der Waals surface area contributed by atoms with E-state index >= 15 is 0 Å². The number of halogens is 2. The molecule has 1 aromatic carbocycles. The van der Waals surface area contributed by atoms with Crippen LogP contribution in [0.5, 0.6) is 5.75 Å². The lowest BCUT2D eigenvalue weighted by molar-refractivity contribution is -0.122. The zero-order valence-electron chi connectivity index (χ0n) is 9.07. The van der Waals surface area contributed by atoms with Gasteiger partial charge in [0.1, 0.15) is 12.3 Å². The molecule has 0 atom stereocenters. The molecule has 0 heterocycles. The van der Waals surface area contributed by atoms with E-state index in [1.165, 1.54) is 12.1 Å². The molecule has 0 fully saturated rings. The first-order valence-electron chi connectivity index (χ1n) is 4.79. The first-order valence-corrected chi connectivity index (χ1v) is 5.54. The third-order valence-corrected chi connectivity index (χ3v) is 2.38. The molecule has 0 saturated heterocycles. The van der Waals surface area contributed by atoms with Crippen molar-refractivity contribution >= 4 is 35.4 Å². The molecule has 7 heteroatoms. The standard InChI is InChI=1S/C11H8Cl2N2O3/c12-8-3-7(5-16)11(9(13)4-8)18-6-10(17)15-2-1-14/h3-5H,2,6H2,(H,15,17). The lowest BCUT2D eigenvalue weighted by Gasteiger charge is -2.10. The minimum absolute atomic E-state index is 0.0863. The van der Waals surface area contributed by atoms with Crippen molar-refractivity contribution in [2.45, 2.75) is 0 Å². The summed E-state index contributed by atoms with van der Waals surface area (Å²) in [5, 5.41) is 11.0. The summed E-state index contributed by atoms with van der Waals surface area (Å²) in [6.07, 6.45) is 0.528. The summed E-state index contributed by atoms with van der Waals surface area (Å²) in [6, 6.07) is 4.53. The number of nitrogens with zero attached hydrogens (tertiary/aromatic N) is 1. The fourth-order valence-corrected chi connectivity index (χ4v) is 1.71. The molecule has 0 spiro atoms. The minimum Gasteiger partial charge on any atom is -0.481 e. The number of carbonyl (C=O) groups is 2. The molecule has 0 saturated carbocycles. The van der Waals surface area contributed by atoms with Crippen LogP contribution >= 0.6 is 23.2 Å². The Morgan fingerprint density at radius 3 is 2.83 bits per heavy atom. The van der Waals surface area contributed by atoms with Crippen LogP contribution in [0.15, 0.2) is 12.1 Å². The summed E-state index contributed by atoms with van der Waals surface area (Å²) < 4.78 is 5.13. The number of nitriles is 1. The van der Waals surface area contributed by atoms with E-state index < -0.39 is 5.91 Å². The normalized spacial score (nSPS) is 9.39. The van der Waals surface area contributed by atoms with Crippen molar-refractivity contribution in [2.75, 3.05) is 13.2 Å². The Morgan fingerprint density at radius 2 is 2.22 bits per heavy atom. The molecular weight excluding hydrogens is 279 g/mol. The number of carbonyl (C=O) groups excluding carboxylic acids is 2. The molecule has 94 valence electrons. The van der Waals surface area contributed by atoms with Gasteiger partial charge in [-0.05, 0) is 12.1 Å². The number of hydrogen-bond acceptors (Lipinski definition) is 4. The lowest BCUT2D eigenvalue weighted by Crippen LogP contribution is -2.29. The van der Waals surface area contributed by atoms with Crippen molar-refractivity contribution in [3.63, 3.8) is 0 Å². The topological polar surface area (TPSA) is 79.2 Å². The van der Waals surface area contributed by atoms with Crippen LogP contribution in [0.1, 0.15) is 10.4 Å². The summed E-state index contributed by atoms with van der Waals surface area (Å²) >= 11 is 11.6. The molecule has 0 radical (unpaired) electrons. The van der Waals surface area contributed by atoms with E-state index in [1.54, 1.807) is 6.07 Å². The number of aldehydes is 1. The van der Waals surface area contributed by atoms with Gasteiger partial charge < -0.3 is 10.1 Å². The average molecular weight is 287 g/mol. The first kappa shape index (κ1) is 14.3. The summed E-state index contributed by atoms with van der Waals surface area (Å²) in [5.74, 6) is -0.400. The van der Waals surface area contributed by atoms with Gasteiger partial charge in [0.15, 0.2) is 12.9 Å². The van der Waals surface area contributed by atoms with Crippen molar-refractivity contribution < 1.29 is 14.3 Å². The monoisotopic (exact) mass is 286 g/mol. The van der Waals surface area contributed by atoms with Gasteiger partial charge in [-0.1, -0.05) is 23.2 Å². The predicted molar refractivity (Wildman–Crippen MR) is 66.0 cm³/mol. The third-order valence-electron chi connectivity index (χ3n) is 1.88. The van der Waals surface area contributed by atoms with E-state index in [4.69, 9.17) is 33.2 Å². The summed E-state index contributed by atoms with van der Waals surface area (Å²) in [4.78, 5) is 22.0. The highest BCUT2D eigenvalue weighted by Crippen LogP contribution is 2.31. The molecule has 0 aliphatic heterocycles. The highest BCUT2D eigenvalue weighted by Gasteiger charge is 2.12. The van der Waals surface area contributed by atoms with Crippen molar-refractivity contribution in [1.82, 2.24) is 5.32 Å². The van der Waals surface area contributed by atoms with Gasteiger partial charge >= 0.3 is 0 Å². The fraction of sp³-hybridized carbons (Fsp3) is 0.182. The number of amides is 1. The Hall–Kier alpha value is -1.77. The molecule has 0 aromatic heterocycles. The molecule has 1 rings (SSSR count). The zero-order chi connectivity index (χ0) is 13.5. The quantitative estimate of drug-likeness (QED) is 0.661. The maximum Gasteiger partial charge on any atom is 0.258 e. The number of ether oxygens (including phenoxy) is 1. The van der Waals surface area contributed by atoms with E-state index in [0.717, 1.165) is 0 Å². The van der Waals surface area contributed by atoms with Crippen LogP contribution in [0, 0.1) is 11.3 Å². The molecule has 1 N–H and O–H groups in total. The highest BCUT2D eigenvalue weighted by atomic mass is 35.5. The maximum absolute atomic E-state index is 11.2. The molecule has 0 aliphatic rings. The molecule has 1 aromatic rings. The molecule has 0 aliphatic carbocycles. The Kier molecular flexibility index (Phi) is 5.43. The van der Waals surface area contributed by atoms with Gasteiger partial charge in [-0.15, -0.1) is 0 Å². The number of nitrogens with one attached hydrogen (secondary N) is 1. The number of rotatable bonds is 5. The van der Waals surface area contributed by atoms with Crippen LogP contribution in [0.4, 0.5) is 0 Å². The van der Waals surface area contributed by atoms with Crippen LogP contribution in [-0.2, 0) is 4.79 Å². The highest BCUT2D eigenvalue weighted by molar-refractivity contribution is 6.36. The van der Waals surface area contributed by atoms with E-state index in [9.17, 15) is 9.59 Å². The third kappa shape index (κ3) is 3.91. The molecule has 1 amide bonds. The summed E-state index contributed by atoms with van der Waals surface area (Å²) in [5.41, 5.74) is 0.153. The van der Waals surface area contributed by atoms with Gasteiger partial charge in [0.25, 0.3) is 5.91 Å². The second-order valence-corrected chi connectivity index (χ2v) is 3.99. The molecule has 5 nitrogen and oxygen atoms in total. The van der Waals surface area contributed by atoms with Gasteiger partial charge in [0, 0.05) is 5.02 Å². The van der Waals surface area contributed by atoms with E-state index in [1.807, 2.05) is 0 Å². The smallest absolute Gasteiger partial charge is 0.258 e. The van der Waals surface area contributed by atoms with Crippen LogP contribution in [0.25, 0.3) is 0 Å². The summed E-state index contributed by atoms with van der Waals surface area (Å²) in [7, 11) is 0. The number of benzene rings is 1. The lowest BCUT2D eigenvalue weighted by atomic mass is 10.2. The Balaban J connectivity index is 2.76. The molecular formula is C11H8Cl2N2O3. The largest absolute Gasteiger partial charge is 0.481 e. The molecule has 0 bridgehead atoms. The van der Waals surface area contributed by atoms with Crippen LogP contribution in [0.2, 0.25) is 10.0 Å². The second kappa shape index (κ2) is 6.84. The Morgan fingerprint density at radius 1 is 1.50 bits per heavy atom. The SMILES string of the molecule is N#CCNC(=O)COc1c(Cl)cc(Cl)cc1C=O. The second-order valence-electron chi connectivity index (χ2n) is 3.15. The van der Waals surface area contributed by atoms with Crippen molar-refractivity contribution in [3.05, 3.63) is 27.7 Å². The van der Waals surface area contributed by atoms with Crippen molar-refractivity contribution in [1.29, 1.82) is 5.26 Å². The zero-order valence-corrected chi connectivity index (χ0v) is 10.6. The van der Waals surface area contributed by atoms with Crippen LogP contribution < -0.4 is 10.1 Å². The maximum atomic E-state index is 11.2. The van der Waals surface area contributed by atoms with E-state index in [0.29, 0.717) is 11.3 Å². The molecule has 0 unspecified atom stereocenters. The Labute approximate surface area is 113 Å².